The van der Waals surface area contributed by atoms with E-state index in [2.05, 4.69) is 21.0 Å². The number of carbonyl (C=O) groups excluding carboxylic acids is 1. The van der Waals surface area contributed by atoms with Crippen molar-refractivity contribution in [1.29, 1.82) is 0 Å². The van der Waals surface area contributed by atoms with E-state index in [0.29, 0.717) is 16.5 Å². The molecular formula is C26H19ClN4O2S. The molecule has 6 nitrogen and oxygen atoms in total. The summed E-state index contributed by atoms with van der Waals surface area (Å²) in [7, 11) is 1.39. The number of esters is 1. The molecule has 6 aromatic rings. The van der Waals surface area contributed by atoms with Gasteiger partial charge in [-0.15, -0.1) is 11.3 Å². The lowest BCUT2D eigenvalue weighted by molar-refractivity contribution is 0.0596. The maximum Gasteiger partial charge on any atom is 0.355 e. The molecule has 34 heavy (non-hydrogen) atoms. The second-order valence-corrected chi connectivity index (χ2v) is 9.72. The molecule has 0 atom stereocenters. The third-order valence-electron chi connectivity index (χ3n) is 5.90. The molecular weight excluding hydrogens is 468 g/mol. The molecule has 6 rings (SSSR count). The third-order valence-corrected chi connectivity index (χ3v) is 7.22. The number of rotatable bonds is 4. The van der Waals surface area contributed by atoms with E-state index in [1.165, 1.54) is 7.11 Å². The highest BCUT2D eigenvalue weighted by atomic mass is 35.5. The maximum atomic E-state index is 12.8. The van der Waals surface area contributed by atoms with Crippen molar-refractivity contribution in [1.82, 2.24) is 19.9 Å². The van der Waals surface area contributed by atoms with Gasteiger partial charge in [0.25, 0.3) is 0 Å². The fourth-order valence-electron chi connectivity index (χ4n) is 4.36. The smallest absolute Gasteiger partial charge is 0.355 e. The molecule has 0 saturated carbocycles. The minimum atomic E-state index is -0.427. The number of aromatic nitrogens is 4. The first-order chi connectivity index (χ1) is 16.5. The fourth-order valence-corrected chi connectivity index (χ4v) is 5.51. The Bertz CT molecular complexity index is 1690. The van der Waals surface area contributed by atoms with E-state index in [4.69, 9.17) is 21.3 Å². The molecule has 0 unspecified atom stereocenters. The third kappa shape index (κ3) is 3.24. The number of thiophene rings is 1. The number of halogens is 1. The molecule has 0 bridgehead atoms. The van der Waals surface area contributed by atoms with Gasteiger partial charge in [0.05, 0.1) is 34.3 Å². The van der Waals surface area contributed by atoms with Crippen LogP contribution in [0.15, 0.2) is 60.8 Å². The Kier molecular flexibility index (Phi) is 4.83. The zero-order chi connectivity index (χ0) is 23.4. The quantitative estimate of drug-likeness (QED) is 0.230. The highest BCUT2D eigenvalue weighted by molar-refractivity contribution is 7.19. The van der Waals surface area contributed by atoms with Gasteiger partial charge in [0.15, 0.2) is 0 Å². The first-order valence-electron chi connectivity index (χ1n) is 10.7. The molecule has 0 fully saturated rings. The molecule has 2 aromatic carbocycles. The zero-order valence-corrected chi connectivity index (χ0v) is 19.9. The highest BCUT2D eigenvalue weighted by Crippen LogP contribution is 2.43. The zero-order valence-electron chi connectivity index (χ0n) is 18.3. The van der Waals surface area contributed by atoms with Crippen LogP contribution < -0.4 is 0 Å². The van der Waals surface area contributed by atoms with Crippen molar-refractivity contribution in [2.75, 3.05) is 7.11 Å². The van der Waals surface area contributed by atoms with Gasteiger partial charge < -0.3 is 19.7 Å². The van der Waals surface area contributed by atoms with Crippen molar-refractivity contribution in [3.63, 3.8) is 0 Å². The molecule has 3 N–H and O–H groups in total. The van der Waals surface area contributed by atoms with E-state index in [-0.39, 0.29) is 0 Å². The van der Waals surface area contributed by atoms with Crippen molar-refractivity contribution in [3.8, 4) is 33.9 Å². The van der Waals surface area contributed by atoms with Crippen LogP contribution in [-0.2, 0) is 4.74 Å². The largest absolute Gasteiger partial charge is 0.464 e. The van der Waals surface area contributed by atoms with Gasteiger partial charge >= 0.3 is 5.97 Å². The number of benzene rings is 2. The number of methoxy groups -OCH3 is 1. The Labute approximate surface area is 203 Å². The Morgan fingerprint density at radius 2 is 1.85 bits per heavy atom. The molecule has 4 aromatic heterocycles. The predicted molar refractivity (Wildman–Crippen MR) is 138 cm³/mol. The van der Waals surface area contributed by atoms with Crippen LogP contribution in [0.1, 0.15) is 15.4 Å². The fraction of sp³-hybridized carbons (Fsp3) is 0.0769. The lowest BCUT2D eigenvalue weighted by atomic mass is 10.0. The normalized spacial score (nSPS) is 11.5. The van der Waals surface area contributed by atoms with Gasteiger partial charge in [0.1, 0.15) is 11.5 Å². The monoisotopic (exact) mass is 486 g/mol. The van der Waals surface area contributed by atoms with E-state index < -0.39 is 5.97 Å². The van der Waals surface area contributed by atoms with E-state index in [1.807, 2.05) is 61.7 Å². The van der Waals surface area contributed by atoms with E-state index >= 15 is 0 Å². The summed E-state index contributed by atoms with van der Waals surface area (Å²) in [6.45, 7) is 2.05. The van der Waals surface area contributed by atoms with Gasteiger partial charge in [0, 0.05) is 38.1 Å². The number of hydrogen-bond donors (Lipinski definition) is 3. The van der Waals surface area contributed by atoms with Crippen molar-refractivity contribution < 1.29 is 9.53 Å². The Hall–Kier alpha value is -3.81. The number of aryl methyl sites for hydroxylation is 1. The van der Waals surface area contributed by atoms with Gasteiger partial charge in [-0.25, -0.2) is 9.78 Å². The van der Waals surface area contributed by atoms with Crippen LogP contribution in [-0.4, -0.2) is 33.0 Å². The minimum absolute atomic E-state index is 0.399. The second-order valence-electron chi connectivity index (χ2n) is 8.03. The van der Waals surface area contributed by atoms with Crippen molar-refractivity contribution in [3.05, 3.63) is 76.4 Å². The number of nitrogens with one attached hydrogen (secondary N) is 3. The summed E-state index contributed by atoms with van der Waals surface area (Å²) < 4.78 is 6.09. The van der Waals surface area contributed by atoms with Gasteiger partial charge in [-0.3, -0.25) is 0 Å². The molecule has 0 spiro atoms. The summed E-state index contributed by atoms with van der Waals surface area (Å²) in [4.78, 5) is 29.0. The Morgan fingerprint density at radius 1 is 1.06 bits per heavy atom. The van der Waals surface area contributed by atoms with Gasteiger partial charge in [-0.2, -0.15) is 0 Å². The number of aromatic amines is 3. The van der Waals surface area contributed by atoms with Crippen LogP contribution in [0.5, 0.6) is 0 Å². The molecule has 8 heteroatoms. The number of H-pyrrole nitrogens is 3. The first kappa shape index (κ1) is 20.8. The van der Waals surface area contributed by atoms with Gasteiger partial charge in [-0.05, 0) is 43.3 Å². The molecule has 0 amide bonds. The standard InChI is InChI=1S/C26H19ClN4O2S/c1-13-11-19-24(34-13)20(23(29-19)26(32)33-2)22-21(17-12-28-18-6-4-3-5-16(17)18)30-25(31-22)14-7-9-15(27)10-8-14/h3-12,28-29H,1-2H3,(H,30,31). The molecule has 168 valence electrons. The molecule has 0 aliphatic rings. The molecule has 0 radical (unpaired) electrons. The van der Waals surface area contributed by atoms with Crippen molar-refractivity contribution in [2.24, 2.45) is 0 Å². The summed E-state index contributed by atoms with van der Waals surface area (Å²) in [5.74, 6) is 0.258. The van der Waals surface area contributed by atoms with E-state index in [1.54, 1.807) is 11.3 Å². The number of imidazole rings is 1. The number of nitrogens with zero attached hydrogens (tertiary/aromatic N) is 1. The first-order valence-corrected chi connectivity index (χ1v) is 11.9. The summed E-state index contributed by atoms with van der Waals surface area (Å²) in [6.07, 6.45) is 1.96. The number of fused-ring (bicyclic) bond motifs is 2. The van der Waals surface area contributed by atoms with Crippen LogP contribution in [0.3, 0.4) is 0 Å². The number of para-hydroxylation sites is 1. The summed E-state index contributed by atoms with van der Waals surface area (Å²) in [5.41, 5.74) is 6.40. The Morgan fingerprint density at radius 3 is 2.65 bits per heavy atom. The maximum absolute atomic E-state index is 12.8. The number of hydrogen-bond acceptors (Lipinski definition) is 4. The molecule has 0 aliphatic heterocycles. The van der Waals surface area contributed by atoms with E-state index in [9.17, 15) is 4.79 Å². The lowest BCUT2D eigenvalue weighted by Crippen LogP contribution is -2.03. The van der Waals surface area contributed by atoms with Crippen LogP contribution in [0, 0.1) is 6.92 Å². The lowest BCUT2D eigenvalue weighted by Gasteiger charge is -2.04. The van der Waals surface area contributed by atoms with E-state index in [0.717, 1.165) is 54.1 Å². The number of carbonyl (C=O) groups is 1. The molecule has 0 saturated heterocycles. The Balaban J connectivity index is 1.68. The van der Waals surface area contributed by atoms with Crippen LogP contribution in [0.2, 0.25) is 5.02 Å². The van der Waals surface area contributed by atoms with Crippen molar-refractivity contribution >= 4 is 50.0 Å². The molecule has 0 aliphatic carbocycles. The second kappa shape index (κ2) is 7.90. The highest BCUT2D eigenvalue weighted by Gasteiger charge is 2.27. The van der Waals surface area contributed by atoms with Gasteiger partial charge in [-0.1, -0.05) is 29.8 Å². The van der Waals surface area contributed by atoms with Crippen LogP contribution in [0.4, 0.5) is 0 Å². The summed E-state index contributed by atoms with van der Waals surface area (Å²) in [5, 5.41) is 1.70. The summed E-state index contributed by atoms with van der Waals surface area (Å²) >= 11 is 7.74. The topological polar surface area (TPSA) is 86.6 Å². The average molecular weight is 487 g/mol. The average Bonchev–Trinajstić information content (AvgIpc) is 3.60. The van der Waals surface area contributed by atoms with Crippen LogP contribution in [0.25, 0.3) is 55.0 Å². The molecule has 4 heterocycles. The van der Waals surface area contributed by atoms with Crippen molar-refractivity contribution in [2.45, 2.75) is 6.92 Å². The predicted octanol–water partition coefficient (Wildman–Crippen LogP) is 7.18. The number of ether oxygens (including phenoxy) is 1. The van der Waals surface area contributed by atoms with Gasteiger partial charge in [0.2, 0.25) is 0 Å². The SMILES string of the molecule is COC(=O)c1[nH]c2cc(C)sc2c1-c1[nH]c(-c2ccc(Cl)cc2)nc1-c1c[nH]c2ccccc12. The van der Waals surface area contributed by atoms with Crippen LogP contribution >= 0.6 is 22.9 Å². The minimum Gasteiger partial charge on any atom is -0.464 e. The summed E-state index contributed by atoms with van der Waals surface area (Å²) in [6, 6.07) is 17.6.